The molecule has 0 atom stereocenters. The third-order valence-electron chi connectivity index (χ3n) is 3.22. The number of aromatic nitrogens is 2. The van der Waals surface area contributed by atoms with E-state index >= 15 is 0 Å². The van der Waals surface area contributed by atoms with E-state index in [1.807, 2.05) is 12.1 Å². The molecule has 3 aromatic rings. The summed E-state index contributed by atoms with van der Waals surface area (Å²) in [7, 11) is 0. The Morgan fingerprint density at radius 1 is 1.12 bits per heavy atom. The molecule has 8 heteroatoms. The maximum atomic E-state index is 11.7. The van der Waals surface area contributed by atoms with Gasteiger partial charge in [0, 0.05) is 17.3 Å². The number of hydrogen-bond acceptors (Lipinski definition) is 5. The second-order valence-electron chi connectivity index (χ2n) is 4.89. The van der Waals surface area contributed by atoms with Crippen LogP contribution in [0.2, 0.25) is 5.02 Å². The van der Waals surface area contributed by atoms with Crippen LogP contribution in [0.1, 0.15) is 0 Å². The molecule has 3 rings (SSSR count). The first kappa shape index (κ1) is 16.8. The topological polar surface area (TPSA) is 76.8 Å². The van der Waals surface area contributed by atoms with Gasteiger partial charge in [-0.25, -0.2) is 9.48 Å². The van der Waals surface area contributed by atoms with Crippen molar-refractivity contribution in [1.82, 2.24) is 9.78 Å². The summed E-state index contributed by atoms with van der Waals surface area (Å²) in [5.41, 5.74) is 1.10. The zero-order valence-corrected chi connectivity index (χ0v) is 13.7. The van der Waals surface area contributed by atoms with Gasteiger partial charge in [0.05, 0.1) is 11.4 Å². The molecule has 25 heavy (non-hydrogen) atoms. The smallest absolute Gasteiger partial charge is 0.439 e. The lowest BCUT2D eigenvalue weighted by Crippen LogP contribution is -2.29. The Kier molecular flexibility index (Phi) is 5.17. The maximum Gasteiger partial charge on any atom is 0.441 e. The highest BCUT2D eigenvalue weighted by molar-refractivity contribution is 6.30. The minimum Gasteiger partial charge on any atom is -0.439 e. The van der Waals surface area contributed by atoms with Gasteiger partial charge in [0.15, 0.2) is 0 Å². The fourth-order valence-electron chi connectivity index (χ4n) is 2.00. The third kappa shape index (κ3) is 4.28. The van der Waals surface area contributed by atoms with Crippen molar-refractivity contribution in [2.45, 2.75) is 0 Å². The summed E-state index contributed by atoms with van der Waals surface area (Å²) >= 11 is 5.85. The van der Waals surface area contributed by atoms with Crippen molar-refractivity contribution < 1.29 is 19.5 Å². The molecule has 1 amide bonds. The Morgan fingerprint density at radius 2 is 1.84 bits per heavy atom. The van der Waals surface area contributed by atoms with Gasteiger partial charge in [-0.3, -0.25) is 5.21 Å². The van der Waals surface area contributed by atoms with E-state index in [-0.39, 0.29) is 12.7 Å². The van der Waals surface area contributed by atoms with Gasteiger partial charge in [0.25, 0.3) is 0 Å². The molecular formula is C17H14ClN3O4. The standard InChI is InChI=1S/C17H14ClN3O4/c18-13-6-8-14(9-7-13)20-11-10-16(19-20)24-12-25-17(22)21(23)15-4-2-1-3-5-15/h1-11,23H,12H2. The quantitative estimate of drug-likeness (QED) is 0.425. The van der Waals surface area contributed by atoms with E-state index in [1.54, 1.807) is 59.4 Å². The van der Waals surface area contributed by atoms with Crippen LogP contribution in [0, 0.1) is 0 Å². The molecule has 1 aromatic heterocycles. The fourth-order valence-corrected chi connectivity index (χ4v) is 2.12. The second-order valence-corrected chi connectivity index (χ2v) is 5.33. The molecule has 0 unspecified atom stereocenters. The maximum absolute atomic E-state index is 11.7. The summed E-state index contributed by atoms with van der Waals surface area (Å²) in [5.74, 6) is 0.270. The summed E-state index contributed by atoms with van der Waals surface area (Å²) < 4.78 is 11.7. The van der Waals surface area contributed by atoms with Gasteiger partial charge in [-0.15, -0.1) is 5.10 Å². The van der Waals surface area contributed by atoms with Gasteiger partial charge in [-0.2, -0.15) is 5.06 Å². The largest absolute Gasteiger partial charge is 0.441 e. The molecule has 0 bridgehead atoms. The van der Waals surface area contributed by atoms with Crippen molar-refractivity contribution in [2.75, 3.05) is 11.9 Å². The highest BCUT2D eigenvalue weighted by atomic mass is 35.5. The van der Waals surface area contributed by atoms with E-state index in [2.05, 4.69) is 5.10 Å². The number of benzene rings is 2. The van der Waals surface area contributed by atoms with Crippen LogP contribution in [0.15, 0.2) is 66.9 Å². The minimum atomic E-state index is -0.955. The molecule has 0 saturated carbocycles. The first-order valence-corrected chi connectivity index (χ1v) is 7.66. The first-order chi connectivity index (χ1) is 12.1. The fraction of sp³-hybridized carbons (Fsp3) is 0.0588. The predicted molar refractivity (Wildman–Crippen MR) is 91.3 cm³/mol. The van der Waals surface area contributed by atoms with Crippen molar-refractivity contribution in [3.8, 4) is 11.6 Å². The van der Waals surface area contributed by atoms with Crippen LogP contribution in [0.3, 0.4) is 0 Å². The van der Waals surface area contributed by atoms with E-state index in [0.717, 1.165) is 5.69 Å². The van der Waals surface area contributed by atoms with Crippen molar-refractivity contribution >= 4 is 23.4 Å². The number of hydroxylamine groups is 1. The second kappa shape index (κ2) is 7.69. The van der Waals surface area contributed by atoms with Gasteiger partial charge in [0.2, 0.25) is 12.7 Å². The molecule has 0 aliphatic rings. The number of nitrogens with zero attached hydrogens (tertiary/aromatic N) is 3. The number of carbonyl (C=O) groups excluding carboxylic acids is 1. The van der Waals surface area contributed by atoms with E-state index in [4.69, 9.17) is 21.1 Å². The minimum absolute atomic E-state index is 0.270. The van der Waals surface area contributed by atoms with Crippen LogP contribution < -0.4 is 9.80 Å². The van der Waals surface area contributed by atoms with Gasteiger partial charge in [-0.05, 0) is 36.4 Å². The molecule has 0 spiro atoms. The van der Waals surface area contributed by atoms with Crippen LogP contribution in [-0.2, 0) is 4.74 Å². The van der Waals surface area contributed by atoms with E-state index in [1.165, 1.54) is 0 Å². The number of hydrogen-bond donors (Lipinski definition) is 1. The molecule has 0 aliphatic heterocycles. The zero-order valence-electron chi connectivity index (χ0n) is 12.9. The van der Waals surface area contributed by atoms with E-state index < -0.39 is 6.09 Å². The number of carbonyl (C=O) groups is 1. The molecule has 0 radical (unpaired) electrons. The van der Waals surface area contributed by atoms with Crippen LogP contribution in [-0.4, -0.2) is 27.9 Å². The van der Waals surface area contributed by atoms with Gasteiger partial charge in [-0.1, -0.05) is 29.8 Å². The molecule has 128 valence electrons. The van der Waals surface area contributed by atoms with Crippen molar-refractivity contribution in [3.05, 3.63) is 71.9 Å². The monoisotopic (exact) mass is 359 g/mol. The van der Waals surface area contributed by atoms with Crippen LogP contribution in [0.4, 0.5) is 10.5 Å². The van der Waals surface area contributed by atoms with E-state index in [9.17, 15) is 10.0 Å². The number of amides is 1. The summed E-state index contributed by atoms with van der Waals surface area (Å²) in [5, 5.41) is 15.0. The lowest BCUT2D eigenvalue weighted by molar-refractivity contribution is 0.0462. The van der Waals surface area contributed by atoms with Crippen LogP contribution in [0.5, 0.6) is 5.88 Å². The molecule has 7 nitrogen and oxygen atoms in total. The van der Waals surface area contributed by atoms with Crippen LogP contribution in [0.25, 0.3) is 5.69 Å². The number of rotatable bonds is 5. The molecule has 0 aliphatic carbocycles. The molecular weight excluding hydrogens is 346 g/mol. The van der Waals surface area contributed by atoms with Crippen molar-refractivity contribution in [2.24, 2.45) is 0 Å². The molecule has 1 heterocycles. The Hall–Kier alpha value is -3.03. The third-order valence-corrected chi connectivity index (χ3v) is 3.47. The molecule has 2 aromatic carbocycles. The Bertz CT molecular complexity index is 837. The molecule has 0 fully saturated rings. The molecule has 1 N–H and O–H groups in total. The van der Waals surface area contributed by atoms with Crippen LogP contribution >= 0.6 is 11.6 Å². The lowest BCUT2D eigenvalue weighted by atomic mass is 10.3. The summed E-state index contributed by atoms with van der Waals surface area (Å²) in [6.45, 7) is -0.389. The van der Waals surface area contributed by atoms with Crippen molar-refractivity contribution in [3.63, 3.8) is 0 Å². The Labute approximate surface area is 148 Å². The highest BCUT2D eigenvalue weighted by Gasteiger charge is 2.14. The average molecular weight is 360 g/mol. The van der Waals surface area contributed by atoms with Crippen molar-refractivity contribution in [1.29, 1.82) is 0 Å². The van der Waals surface area contributed by atoms with E-state index in [0.29, 0.717) is 15.8 Å². The van der Waals surface area contributed by atoms with Gasteiger partial charge in [0.1, 0.15) is 0 Å². The Morgan fingerprint density at radius 3 is 2.56 bits per heavy atom. The Balaban J connectivity index is 1.52. The van der Waals surface area contributed by atoms with Gasteiger partial charge < -0.3 is 9.47 Å². The highest BCUT2D eigenvalue weighted by Crippen LogP contribution is 2.16. The number of ether oxygens (including phenoxy) is 2. The number of para-hydroxylation sites is 1. The number of anilines is 1. The summed E-state index contributed by atoms with van der Waals surface area (Å²) in [6.07, 6.45) is 0.742. The normalized spacial score (nSPS) is 10.3. The zero-order chi connectivity index (χ0) is 17.6. The summed E-state index contributed by atoms with van der Waals surface area (Å²) in [6, 6.07) is 17.0. The lowest BCUT2D eigenvalue weighted by Gasteiger charge is -2.14. The first-order valence-electron chi connectivity index (χ1n) is 7.29. The predicted octanol–water partition coefficient (Wildman–Crippen LogP) is 3.89. The number of halogens is 1. The molecule has 0 saturated heterocycles. The van der Waals surface area contributed by atoms with Gasteiger partial charge >= 0.3 is 6.09 Å². The summed E-state index contributed by atoms with van der Waals surface area (Å²) in [4.78, 5) is 11.7. The SMILES string of the molecule is O=C(OCOc1ccn(-c2ccc(Cl)cc2)n1)N(O)c1ccccc1. The average Bonchev–Trinajstić information content (AvgIpc) is 3.11.